The minimum atomic E-state index is -3.53. The summed E-state index contributed by atoms with van der Waals surface area (Å²) in [7, 11) is -3.53. The minimum absolute atomic E-state index is 0.182. The van der Waals surface area contributed by atoms with Gasteiger partial charge in [-0.25, -0.2) is 13.4 Å². The standard InChI is InChI=1S/C24H24N4O5S2/c1-14-22(29)25-19-13-17(7-10-20(19)33-14)21-15(2)34-24(26-21)27-23(30)16-5-8-18(9-6-16)35(31,32)28-11-3-4-12-28/h5-10,13-14H,3-4,11-12H2,1-2H3,(H,25,29)(H,26,27,30). The fourth-order valence-corrected chi connectivity index (χ4v) is 6.45. The van der Waals surface area contributed by atoms with Crippen LogP contribution in [0, 0.1) is 6.92 Å². The number of aryl methyl sites for hydroxylation is 1. The molecule has 2 aromatic carbocycles. The summed E-state index contributed by atoms with van der Waals surface area (Å²) < 4.78 is 32.5. The average molecular weight is 513 g/mol. The summed E-state index contributed by atoms with van der Waals surface area (Å²) in [4.78, 5) is 30.4. The van der Waals surface area contributed by atoms with Crippen LogP contribution >= 0.6 is 11.3 Å². The topological polar surface area (TPSA) is 118 Å². The molecule has 3 heterocycles. The van der Waals surface area contributed by atoms with Crippen molar-refractivity contribution in [3.05, 3.63) is 52.9 Å². The van der Waals surface area contributed by atoms with Crippen LogP contribution in [0.5, 0.6) is 5.75 Å². The maximum absolute atomic E-state index is 12.8. The quantitative estimate of drug-likeness (QED) is 0.536. The Hall–Kier alpha value is -3.28. The van der Waals surface area contributed by atoms with E-state index < -0.39 is 16.1 Å². The van der Waals surface area contributed by atoms with Crippen molar-refractivity contribution in [3.63, 3.8) is 0 Å². The normalized spacial score (nSPS) is 18.0. The molecule has 2 amide bonds. The van der Waals surface area contributed by atoms with Crippen LogP contribution in [0.3, 0.4) is 0 Å². The van der Waals surface area contributed by atoms with E-state index in [1.54, 1.807) is 19.1 Å². The van der Waals surface area contributed by atoms with Gasteiger partial charge in [-0.3, -0.25) is 14.9 Å². The number of nitrogens with one attached hydrogen (secondary N) is 2. The molecule has 0 saturated carbocycles. The number of nitrogens with zero attached hydrogens (tertiary/aromatic N) is 2. The maximum atomic E-state index is 12.8. The first-order valence-corrected chi connectivity index (χ1v) is 13.5. The number of thiazole rings is 1. The van der Waals surface area contributed by atoms with Gasteiger partial charge in [-0.15, -0.1) is 11.3 Å². The third kappa shape index (κ3) is 4.54. The van der Waals surface area contributed by atoms with Gasteiger partial charge < -0.3 is 10.1 Å². The molecular formula is C24H24N4O5S2. The van der Waals surface area contributed by atoms with Crippen LogP contribution in [0.15, 0.2) is 47.4 Å². The van der Waals surface area contributed by atoms with Crippen molar-refractivity contribution in [2.24, 2.45) is 0 Å². The first kappa shape index (κ1) is 23.5. The molecule has 1 atom stereocenters. The highest BCUT2D eigenvalue weighted by molar-refractivity contribution is 7.89. The molecule has 2 aliphatic heterocycles. The Labute approximate surface area is 207 Å². The van der Waals surface area contributed by atoms with Gasteiger partial charge in [0.05, 0.1) is 16.3 Å². The lowest BCUT2D eigenvalue weighted by molar-refractivity contribution is -0.122. The van der Waals surface area contributed by atoms with Gasteiger partial charge >= 0.3 is 0 Å². The molecule has 0 radical (unpaired) electrons. The van der Waals surface area contributed by atoms with E-state index in [2.05, 4.69) is 15.6 Å². The number of anilines is 2. The van der Waals surface area contributed by atoms with E-state index in [0.717, 1.165) is 23.3 Å². The zero-order valence-electron chi connectivity index (χ0n) is 19.2. The van der Waals surface area contributed by atoms with Crippen molar-refractivity contribution in [2.45, 2.75) is 37.7 Å². The Morgan fingerprint density at radius 1 is 1.17 bits per heavy atom. The second-order valence-electron chi connectivity index (χ2n) is 8.47. The number of sulfonamides is 1. The number of hydrogen-bond acceptors (Lipinski definition) is 7. The molecule has 35 heavy (non-hydrogen) atoms. The van der Waals surface area contributed by atoms with E-state index in [-0.39, 0.29) is 16.7 Å². The van der Waals surface area contributed by atoms with Crippen LogP contribution in [0.25, 0.3) is 11.3 Å². The number of amides is 2. The van der Waals surface area contributed by atoms with Crippen LogP contribution in [0.4, 0.5) is 10.8 Å². The van der Waals surface area contributed by atoms with Gasteiger partial charge in [-0.05, 0) is 69.2 Å². The molecule has 0 spiro atoms. The zero-order valence-corrected chi connectivity index (χ0v) is 20.8. The van der Waals surface area contributed by atoms with Crippen molar-refractivity contribution >= 4 is 44.0 Å². The summed E-state index contributed by atoms with van der Waals surface area (Å²) >= 11 is 1.33. The molecule has 3 aromatic rings. The maximum Gasteiger partial charge on any atom is 0.265 e. The molecule has 2 aliphatic rings. The Balaban J connectivity index is 1.32. The van der Waals surface area contributed by atoms with E-state index in [4.69, 9.17) is 4.74 Å². The summed E-state index contributed by atoms with van der Waals surface area (Å²) in [6.07, 6.45) is 1.18. The van der Waals surface area contributed by atoms with Gasteiger partial charge in [0.1, 0.15) is 5.75 Å². The van der Waals surface area contributed by atoms with Gasteiger partial charge in [-0.2, -0.15) is 4.31 Å². The lowest BCUT2D eigenvalue weighted by atomic mass is 10.1. The first-order valence-electron chi connectivity index (χ1n) is 11.2. The highest BCUT2D eigenvalue weighted by atomic mass is 32.2. The first-order chi connectivity index (χ1) is 16.7. The largest absolute Gasteiger partial charge is 0.479 e. The molecule has 0 bridgehead atoms. The molecule has 1 saturated heterocycles. The molecule has 0 aliphatic carbocycles. The lowest BCUT2D eigenvalue weighted by Gasteiger charge is -2.23. The van der Waals surface area contributed by atoms with Crippen molar-refractivity contribution in [1.29, 1.82) is 0 Å². The summed E-state index contributed by atoms with van der Waals surface area (Å²) in [5, 5.41) is 6.04. The van der Waals surface area contributed by atoms with Crippen molar-refractivity contribution < 1.29 is 22.7 Å². The van der Waals surface area contributed by atoms with Gasteiger partial charge in [0.25, 0.3) is 11.8 Å². The summed E-state index contributed by atoms with van der Waals surface area (Å²) in [6.45, 7) is 4.64. The van der Waals surface area contributed by atoms with Gasteiger partial charge in [-0.1, -0.05) is 0 Å². The van der Waals surface area contributed by atoms with E-state index in [1.807, 2.05) is 13.0 Å². The van der Waals surface area contributed by atoms with Crippen LogP contribution in [0.1, 0.15) is 35.0 Å². The van der Waals surface area contributed by atoms with Crippen molar-refractivity contribution in [1.82, 2.24) is 9.29 Å². The molecule has 9 nitrogen and oxygen atoms in total. The lowest BCUT2D eigenvalue weighted by Crippen LogP contribution is -2.34. The predicted octanol–water partition coefficient (Wildman–Crippen LogP) is 3.87. The third-order valence-corrected chi connectivity index (χ3v) is 8.82. The number of rotatable bonds is 5. The Morgan fingerprint density at radius 2 is 1.89 bits per heavy atom. The fraction of sp³-hybridized carbons (Fsp3) is 0.292. The Bertz CT molecular complexity index is 1410. The van der Waals surface area contributed by atoms with Crippen molar-refractivity contribution in [2.75, 3.05) is 23.7 Å². The highest BCUT2D eigenvalue weighted by Gasteiger charge is 2.27. The predicted molar refractivity (Wildman–Crippen MR) is 133 cm³/mol. The van der Waals surface area contributed by atoms with Crippen LogP contribution in [-0.2, 0) is 14.8 Å². The number of fused-ring (bicyclic) bond motifs is 1. The van der Waals surface area contributed by atoms with Gasteiger partial charge in [0.2, 0.25) is 10.0 Å². The van der Waals surface area contributed by atoms with Crippen LogP contribution < -0.4 is 15.4 Å². The summed E-state index contributed by atoms with van der Waals surface area (Å²) in [6, 6.07) is 11.4. The monoisotopic (exact) mass is 512 g/mol. The van der Waals surface area contributed by atoms with Crippen LogP contribution in [0.2, 0.25) is 0 Å². The third-order valence-electron chi connectivity index (χ3n) is 6.02. The van der Waals surface area contributed by atoms with E-state index in [9.17, 15) is 18.0 Å². The number of carbonyl (C=O) groups excluding carboxylic acids is 2. The number of carbonyl (C=O) groups is 2. The SMILES string of the molecule is Cc1sc(NC(=O)c2ccc(S(=O)(=O)N3CCCC3)cc2)nc1-c1ccc2c(c1)NC(=O)C(C)O2. The number of benzene rings is 2. The van der Waals surface area contributed by atoms with E-state index in [0.29, 0.717) is 40.9 Å². The fourth-order valence-electron chi connectivity index (χ4n) is 4.10. The molecule has 5 rings (SSSR count). The second-order valence-corrected chi connectivity index (χ2v) is 11.6. The molecule has 1 aromatic heterocycles. The van der Waals surface area contributed by atoms with Crippen molar-refractivity contribution in [3.8, 4) is 17.0 Å². The second kappa shape index (κ2) is 9.06. The Kier molecular flexibility index (Phi) is 6.07. The molecule has 2 N–H and O–H groups in total. The van der Waals surface area contributed by atoms with Gasteiger partial charge in [0, 0.05) is 29.1 Å². The van der Waals surface area contributed by atoms with E-state index >= 15 is 0 Å². The molecular weight excluding hydrogens is 488 g/mol. The molecule has 11 heteroatoms. The molecule has 1 fully saturated rings. The van der Waals surface area contributed by atoms with E-state index in [1.165, 1.54) is 39.9 Å². The number of hydrogen-bond donors (Lipinski definition) is 2. The minimum Gasteiger partial charge on any atom is -0.479 e. The zero-order chi connectivity index (χ0) is 24.7. The van der Waals surface area contributed by atoms with Gasteiger partial charge in [0.15, 0.2) is 11.2 Å². The highest BCUT2D eigenvalue weighted by Crippen LogP contribution is 2.37. The summed E-state index contributed by atoms with van der Waals surface area (Å²) in [5.74, 6) is 0.00446. The van der Waals surface area contributed by atoms with Crippen LogP contribution in [-0.4, -0.2) is 48.7 Å². The Morgan fingerprint density at radius 3 is 2.60 bits per heavy atom. The molecule has 1 unspecified atom stereocenters. The average Bonchev–Trinajstić information content (AvgIpc) is 3.50. The number of aromatic nitrogens is 1. The number of ether oxygens (including phenoxy) is 1. The summed E-state index contributed by atoms with van der Waals surface area (Å²) in [5.41, 5.74) is 2.39. The molecule has 182 valence electrons. The smallest absolute Gasteiger partial charge is 0.265 e.